The lowest BCUT2D eigenvalue weighted by Gasteiger charge is -2.19. The quantitative estimate of drug-likeness (QED) is 0.474. The number of carbonyl (C=O) groups is 3. The molecule has 2 rings (SSSR count). The van der Waals surface area contributed by atoms with Crippen LogP contribution in [-0.2, 0) is 11.2 Å². The number of benzene rings is 1. The highest BCUT2D eigenvalue weighted by molar-refractivity contribution is 5.98. The number of unbranched alkanes of at least 4 members (excludes halogenated alkanes) is 1. The second-order valence-corrected chi connectivity index (χ2v) is 8.25. The molecule has 0 aliphatic heterocycles. The van der Waals surface area contributed by atoms with Crippen LogP contribution in [0.4, 0.5) is 0 Å². The molecule has 3 amide bonds. The van der Waals surface area contributed by atoms with Crippen molar-refractivity contribution in [3.63, 3.8) is 0 Å². The molecule has 172 valence electrons. The second kappa shape index (κ2) is 13.2. The van der Waals surface area contributed by atoms with E-state index in [1.807, 2.05) is 12.1 Å². The van der Waals surface area contributed by atoms with Gasteiger partial charge in [0.05, 0.1) is 5.56 Å². The number of carbonyl (C=O) groups excluding carboxylic acids is 3. The van der Waals surface area contributed by atoms with Gasteiger partial charge in [-0.3, -0.25) is 19.4 Å². The lowest BCUT2D eigenvalue weighted by molar-refractivity contribution is -0.122. The molecule has 1 aromatic carbocycles. The van der Waals surface area contributed by atoms with Crippen molar-refractivity contribution in [2.45, 2.75) is 52.5 Å². The fourth-order valence-corrected chi connectivity index (χ4v) is 3.06. The van der Waals surface area contributed by atoms with E-state index in [1.165, 1.54) is 11.8 Å². The molecule has 32 heavy (non-hydrogen) atoms. The third-order valence-electron chi connectivity index (χ3n) is 5.07. The number of aryl methyl sites for hydroxylation is 1. The summed E-state index contributed by atoms with van der Waals surface area (Å²) in [5.41, 5.74) is 2.04. The van der Waals surface area contributed by atoms with Gasteiger partial charge in [0.15, 0.2) is 0 Å². The molecule has 7 nitrogen and oxygen atoms in total. The van der Waals surface area contributed by atoms with Crippen molar-refractivity contribution in [3.05, 3.63) is 65.5 Å². The maximum Gasteiger partial charge on any atom is 0.252 e. The van der Waals surface area contributed by atoms with Crippen molar-refractivity contribution < 1.29 is 14.4 Å². The summed E-state index contributed by atoms with van der Waals surface area (Å²) in [6.07, 6.45) is 7.04. The molecule has 1 aromatic heterocycles. The molecule has 0 unspecified atom stereocenters. The molecule has 0 saturated heterocycles. The molecule has 0 aliphatic rings. The van der Waals surface area contributed by atoms with Crippen LogP contribution in [0.2, 0.25) is 0 Å². The maximum absolute atomic E-state index is 12.8. The van der Waals surface area contributed by atoms with Gasteiger partial charge in [-0.25, -0.2) is 0 Å². The average molecular weight is 439 g/mol. The molecule has 0 spiro atoms. The van der Waals surface area contributed by atoms with Crippen molar-refractivity contribution in [1.29, 1.82) is 0 Å². The zero-order valence-corrected chi connectivity index (χ0v) is 19.2. The number of hydrogen-bond donors (Lipinski definition) is 3. The Kier molecular flexibility index (Phi) is 10.4. The largest absolute Gasteiger partial charge is 0.354 e. The van der Waals surface area contributed by atoms with Crippen LogP contribution in [0.1, 0.15) is 66.3 Å². The number of nitrogens with one attached hydrogen (secondary N) is 3. The molecular weight excluding hydrogens is 404 g/mol. The number of hydrogen-bond acceptors (Lipinski definition) is 4. The van der Waals surface area contributed by atoms with Crippen LogP contribution in [0.5, 0.6) is 0 Å². The highest BCUT2D eigenvalue weighted by atomic mass is 16.2. The van der Waals surface area contributed by atoms with Gasteiger partial charge < -0.3 is 16.0 Å². The summed E-state index contributed by atoms with van der Waals surface area (Å²) >= 11 is 0. The average Bonchev–Trinajstić information content (AvgIpc) is 2.80. The van der Waals surface area contributed by atoms with E-state index in [2.05, 4.69) is 41.7 Å². The SMILES string of the molecule is CCCCc1ccc(C(=O)N[C@@H](CNC(=O)c2cccnc2)C(=O)NCCC(C)C)cc1. The van der Waals surface area contributed by atoms with Gasteiger partial charge >= 0.3 is 0 Å². The van der Waals surface area contributed by atoms with Crippen LogP contribution >= 0.6 is 0 Å². The first-order valence-corrected chi connectivity index (χ1v) is 11.3. The lowest BCUT2D eigenvalue weighted by atomic mass is 10.1. The predicted octanol–water partition coefficient (Wildman–Crippen LogP) is 3.11. The van der Waals surface area contributed by atoms with E-state index in [0.717, 1.165) is 25.7 Å². The van der Waals surface area contributed by atoms with Gasteiger partial charge in [-0.15, -0.1) is 0 Å². The van der Waals surface area contributed by atoms with Gasteiger partial charge in [0.25, 0.3) is 11.8 Å². The first-order chi connectivity index (χ1) is 15.4. The Morgan fingerprint density at radius 3 is 2.34 bits per heavy atom. The summed E-state index contributed by atoms with van der Waals surface area (Å²) < 4.78 is 0. The zero-order valence-electron chi connectivity index (χ0n) is 19.2. The Balaban J connectivity index is 2.02. The third kappa shape index (κ3) is 8.49. The van der Waals surface area contributed by atoms with Gasteiger partial charge in [0, 0.05) is 31.0 Å². The van der Waals surface area contributed by atoms with Crippen LogP contribution < -0.4 is 16.0 Å². The highest BCUT2D eigenvalue weighted by Crippen LogP contribution is 2.08. The topological polar surface area (TPSA) is 100 Å². The smallest absolute Gasteiger partial charge is 0.252 e. The van der Waals surface area contributed by atoms with Gasteiger partial charge in [0.2, 0.25) is 5.91 Å². The fraction of sp³-hybridized carbons (Fsp3) is 0.440. The molecule has 2 aromatic rings. The van der Waals surface area contributed by atoms with E-state index in [0.29, 0.717) is 23.6 Å². The van der Waals surface area contributed by atoms with Gasteiger partial charge in [-0.2, -0.15) is 0 Å². The van der Waals surface area contributed by atoms with E-state index in [-0.39, 0.29) is 24.3 Å². The first-order valence-electron chi connectivity index (χ1n) is 11.3. The van der Waals surface area contributed by atoms with E-state index in [4.69, 9.17) is 0 Å². The molecule has 1 atom stereocenters. The summed E-state index contributed by atoms with van der Waals surface area (Å²) in [4.78, 5) is 41.8. The van der Waals surface area contributed by atoms with Crippen molar-refractivity contribution in [3.8, 4) is 0 Å². The first kappa shape index (κ1) is 25.0. The monoisotopic (exact) mass is 438 g/mol. The molecule has 0 radical (unpaired) electrons. The fourth-order valence-electron chi connectivity index (χ4n) is 3.06. The second-order valence-electron chi connectivity index (χ2n) is 8.25. The lowest BCUT2D eigenvalue weighted by Crippen LogP contribution is -2.52. The molecule has 0 saturated carbocycles. The molecule has 0 fully saturated rings. The van der Waals surface area contributed by atoms with Crippen molar-refractivity contribution in [1.82, 2.24) is 20.9 Å². The normalized spacial score (nSPS) is 11.6. The standard InChI is InChI=1S/C25H34N4O3/c1-4-5-7-19-9-11-20(12-10-19)24(31)29-22(25(32)27-15-13-18(2)3)17-28-23(30)21-8-6-14-26-16-21/h6,8-12,14,16,18,22H,4-5,7,13,15,17H2,1-3H3,(H,27,32)(H,28,30)(H,29,31)/t22-/m0/s1. The Bertz CT molecular complexity index is 867. The van der Waals surface area contributed by atoms with Crippen LogP contribution in [0, 0.1) is 5.92 Å². The molecule has 3 N–H and O–H groups in total. The van der Waals surface area contributed by atoms with E-state index in [1.54, 1.807) is 30.5 Å². The highest BCUT2D eigenvalue weighted by Gasteiger charge is 2.22. The van der Waals surface area contributed by atoms with E-state index < -0.39 is 6.04 Å². The van der Waals surface area contributed by atoms with Crippen molar-refractivity contribution >= 4 is 17.7 Å². The third-order valence-corrected chi connectivity index (χ3v) is 5.07. The minimum absolute atomic E-state index is 0.0262. The Hall–Kier alpha value is -3.22. The minimum atomic E-state index is -0.893. The number of amides is 3. The maximum atomic E-state index is 12.8. The van der Waals surface area contributed by atoms with Gasteiger partial charge in [0.1, 0.15) is 6.04 Å². The van der Waals surface area contributed by atoms with E-state index in [9.17, 15) is 14.4 Å². The van der Waals surface area contributed by atoms with Crippen LogP contribution in [0.25, 0.3) is 0 Å². The zero-order chi connectivity index (χ0) is 23.3. The van der Waals surface area contributed by atoms with Crippen molar-refractivity contribution in [2.24, 2.45) is 5.92 Å². The number of rotatable bonds is 12. The minimum Gasteiger partial charge on any atom is -0.354 e. The molecular formula is C25H34N4O3. The summed E-state index contributed by atoms with van der Waals surface area (Å²) in [7, 11) is 0. The van der Waals surface area contributed by atoms with Crippen LogP contribution in [0.3, 0.4) is 0 Å². The number of nitrogens with zero attached hydrogens (tertiary/aromatic N) is 1. The Labute approximate surface area is 190 Å². The molecule has 1 heterocycles. The molecule has 7 heteroatoms. The summed E-state index contributed by atoms with van der Waals surface area (Å²) in [5.74, 6) is -0.593. The Morgan fingerprint density at radius 1 is 0.969 bits per heavy atom. The molecule has 0 aliphatic carbocycles. The Morgan fingerprint density at radius 2 is 1.72 bits per heavy atom. The van der Waals surface area contributed by atoms with Gasteiger partial charge in [-0.05, 0) is 55.0 Å². The number of aromatic nitrogens is 1. The van der Waals surface area contributed by atoms with Crippen LogP contribution in [0.15, 0.2) is 48.8 Å². The summed E-state index contributed by atoms with van der Waals surface area (Å²) in [5, 5.41) is 8.32. The predicted molar refractivity (Wildman–Crippen MR) is 125 cm³/mol. The summed E-state index contributed by atoms with van der Waals surface area (Å²) in [6.45, 7) is 6.77. The van der Waals surface area contributed by atoms with Crippen LogP contribution in [-0.4, -0.2) is 41.8 Å². The number of pyridine rings is 1. The van der Waals surface area contributed by atoms with Gasteiger partial charge in [-0.1, -0.05) is 39.3 Å². The van der Waals surface area contributed by atoms with E-state index >= 15 is 0 Å². The van der Waals surface area contributed by atoms with Crippen molar-refractivity contribution in [2.75, 3.05) is 13.1 Å². The summed E-state index contributed by atoms with van der Waals surface area (Å²) in [6, 6.07) is 9.81. The molecule has 0 bridgehead atoms.